The molecule has 15 atom stereocenters. The van der Waals surface area contributed by atoms with Crippen LogP contribution in [0.5, 0.6) is 0 Å². The van der Waals surface area contributed by atoms with Gasteiger partial charge in [-0.15, -0.1) is 10.0 Å². The Morgan fingerprint density at radius 1 is 0.690 bits per heavy atom. The van der Waals surface area contributed by atoms with Crippen molar-refractivity contribution in [3.63, 3.8) is 0 Å². The summed E-state index contributed by atoms with van der Waals surface area (Å²) in [4.78, 5) is 65.4. The third-order valence-corrected chi connectivity index (χ3v) is 9.16. The topological polar surface area (TPSA) is 421 Å². The van der Waals surface area contributed by atoms with Gasteiger partial charge in [0.05, 0.1) is 46.1 Å². The molecule has 0 unspecified atom stereocenters. The minimum absolute atomic E-state index is 0.109. The van der Waals surface area contributed by atoms with Gasteiger partial charge in [-0.2, -0.15) is 0 Å². The van der Waals surface area contributed by atoms with E-state index >= 15 is 0 Å². The lowest BCUT2D eigenvalue weighted by Gasteiger charge is -2.46. The zero-order chi connectivity index (χ0) is 42.8. The summed E-state index contributed by atoms with van der Waals surface area (Å²) in [5, 5.41) is 103. The van der Waals surface area contributed by atoms with Crippen molar-refractivity contribution in [3.8, 4) is 0 Å². The van der Waals surface area contributed by atoms with Crippen molar-refractivity contribution in [1.29, 1.82) is 0 Å². The van der Waals surface area contributed by atoms with Crippen LogP contribution in [0.2, 0.25) is 0 Å². The summed E-state index contributed by atoms with van der Waals surface area (Å²) in [7, 11) is 0. The number of aliphatic hydroxyl groups excluding tert-OH is 10. The van der Waals surface area contributed by atoms with Crippen molar-refractivity contribution in [2.24, 2.45) is 5.73 Å². The van der Waals surface area contributed by atoms with Crippen LogP contribution in [0.15, 0.2) is 0 Å². The lowest BCUT2D eigenvalue weighted by Crippen LogP contribution is -2.65. The van der Waals surface area contributed by atoms with Gasteiger partial charge in [0.25, 0.3) is 17.7 Å². The van der Waals surface area contributed by atoms with Crippen LogP contribution in [0.3, 0.4) is 0 Å². The smallest absolute Gasteiger partial charge is 0.259 e. The molecule has 0 aliphatic carbocycles. The molecule has 4 fully saturated rings. The largest absolute Gasteiger partial charge is 0.394 e. The molecule has 0 spiro atoms. The number of carbonyl (C=O) groups is 5. The maximum atomic E-state index is 12.6. The van der Waals surface area contributed by atoms with E-state index in [0.717, 1.165) is 4.90 Å². The SMILES string of the molecule is NC(=O)CN(CC(=O)NNCCO[C@H]1O[C@H](CO[C@H]2O[C@H](CO)[C@@H](O)[C@H](O)[C@@H]2O)[C@@H](O)[C@H](O[C@H]2O[C@H](CO)[C@@H](O)[C@H](O)[C@@H]2O)[C@@H]1O)CC(=O)NON1C(=O)CCC1=O. The summed E-state index contributed by atoms with van der Waals surface area (Å²) < 4.78 is 33.0. The fraction of sp³-hybridized carbons (Fsp3) is 0.833. The summed E-state index contributed by atoms with van der Waals surface area (Å²) in [5.74, 6) is -4.01. The number of ether oxygens (including phenoxy) is 6. The number of hydroxylamine groups is 3. The number of nitrogens with one attached hydrogen (secondary N) is 3. The van der Waals surface area contributed by atoms with Gasteiger partial charge in [0.1, 0.15) is 73.2 Å². The van der Waals surface area contributed by atoms with Crippen molar-refractivity contribution in [2.75, 3.05) is 52.6 Å². The molecule has 5 amide bonds. The Bertz CT molecular complexity index is 1380. The summed E-state index contributed by atoms with van der Waals surface area (Å²) in [6, 6.07) is 0. The van der Waals surface area contributed by atoms with Gasteiger partial charge < -0.3 is 85.2 Å². The zero-order valence-electron chi connectivity index (χ0n) is 30.6. The highest BCUT2D eigenvalue weighted by Gasteiger charge is 2.52. The number of nitrogens with two attached hydrogens (primary N) is 1. The first-order chi connectivity index (χ1) is 27.5. The van der Waals surface area contributed by atoms with Crippen LogP contribution < -0.4 is 22.1 Å². The van der Waals surface area contributed by atoms with Gasteiger partial charge in [-0.05, 0) is 0 Å². The number of hydrazine groups is 1. The molecular weight excluding hydrogens is 796 g/mol. The second-order valence-electron chi connectivity index (χ2n) is 13.5. The Kier molecular flexibility index (Phi) is 17.9. The van der Waals surface area contributed by atoms with Crippen LogP contribution in [0, 0.1) is 0 Å². The van der Waals surface area contributed by atoms with E-state index in [-0.39, 0.29) is 26.0 Å². The molecule has 58 heavy (non-hydrogen) atoms. The Hall–Kier alpha value is -3.21. The molecule has 15 N–H and O–H groups in total. The quantitative estimate of drug-likeness (QED) is 0.0307. The fourth-order valence-electron chi connectivity index (χ4n) is 6.08. The van der Waals surface area contributed by atoms with Crippen LogP contribution in [0.1, 0.15) is 12.8 Å². The predicted octanol–water partition coefficient (Wildman–Crippen LogP) is -11.0. The van der Waals surface area contributed by atoms with Gasteiger partial charge >= 0.3 is 0 Å². The minimum atomic E-state index is -1.95. The van der Waals surface area contributed by atoms with Crippen molar-refractivity contribution in [2.45, 2.75) is 105 Å². The number of nitrogens with zero attached hydrogens (tertiary/aromatic N) is 2. The van der Waals surface area contributed by atoms with E-state index in [1.165, 1.54) is 0 Å². The van der Waals surface area contributed by atoms with Crippen molar-refractivity contribution >= 4 is 29.5 Å². The maximum Gasteiger partial charge on any atom is 0.259 e. The Morgan fingerprint density at radius 3 is 1.81 bits per heavy atom. The van der Waals surface area contributed by atoms with Crippen LogP contribution in [-0.2, 0) is 57.3 Å². The molecule has 0 bridgehead atoms. The Labute approximate surface area is 327 Å². The Balaban J connectivity index is 1.33. The van der Waals surface area contributed by atoms with Gasteiger partial charge in [0.15, 0.2) is 18.9 Å². The first kappa shape index (κ1) is 47.5. The van der Waals surface area contributed by atoms with Crippen LogP contribution in [-0.4, -0.2) is 235 Å². The number of primary amides is 1. The first-order valence-electron chi connectivity index (χ1n) is 17.8. The summed E-state index contributed by atoms with van der Waals surface area (Å²) in [6.45, 7) is -4.66. The van der Waals surface area contributed by atoms with E-state index in [0.29, 0.717) is 5.06 Å². The first-order valence-corrected chi connectivity index (χ1v) is 17.8. The number of carbonyl (C=O) groups excluding carboxylic acids is 5. The zero-order valence-corrected chi connectivity index (χ0v) is 30.6. The van der Waals surface area contributed by atoms with Gasteiger partial charge in [-0.1, -0.05) is 0 Å². The molecule has 28 nitrogen and oxygen atoms in total. The highest BCUT2D eigenvalue weighted by Crippen LogP contribution is 2.31. The van der Waals surface area contributed by atoms with Crippen LogP contribution in [0.25, 0.3) is 0 Å². The van der Waals surface area contributed by atoms with E-state index in [9.17, 15) is 75.0 Å². The molecule has 4 heterocycles. The molecule has 28 heteroatoms. The maximum absolute atomic E-state index is 12.6. The van der Waals surface area contributed by atoms with E-state index in [2.05, 4.69) is 10.9 Å². The van der Waals surface area contributed by atoms with Gasteiger partial charge in [-0.25, -0.2) is 10.9 Å². The number of aliphatic hydroxyl groups is 10. The average Bonchev–Trinajstić information content (AvgIpc) is 3.50. The van der Waals surface area contributed by atoms with E-state index in [1.807, 2.05) is 5.48 Å². The number of hydrogen-bond acceptors (Lipinski definition) is 24. The average molecular weight is 847 g/mol. The van der Waals surface area contributed by atoms with Crippen molar-refractivity contribution in [3.05, 3.63) is 0 Å². The van der Waals surface area contributed by atoms with Crippen molar-refractivity contribution in [1.82, 2.24) is 26.3 Å². The number of hydrogen-bond donors (Lipinski definition) is 14. The van der Waals surface area contributed by atoms with Gasteiger partial charge in [0, 0.05) is 19.4 Å². The van der Waals surface area contributed by atoms with Gasteiger partial charge in [0.2, 0.25) is 11.8 Å². The van der Waals surface area contributed by atoms with Crippen LogP contribution in [0.4, 0.5) is 0 Å². The fourth-order valence-corrected chi connectivity index (χ4v) is 6.08. The van der Waals surface area contributed by atoms with E-state index in [4.69, 9.17) is 39.1 Å². The molecule has 0 aromatic carbocycles. The summed E-state index contributed by atoms with van der Waals surface area (Å²) in [5.41, 5.74) is 11.8. The molecule has 4 rings (SSSR count). The highest BCUT2D eigenvalue weighted by molar-refractivity contribution is 6.00. The van der Waals surface area contributed by atoms with Crippen molar-refractivity contribution < 1.29 is 108 Å². The lowest BCUT2D eigenvalue weighted by atomic mass is 9.96. The predicted molar refractivity (Wildman–Crippen MR) is 177 cm³/mol. The molecule has 0 aromatic heterocycles. The molecule has 0 aromatic rings. The molecule has 4 aliphatic heterocycles. The molecule has 4 saturated heterocycles. The molecule has 0 radical (unpaired) electrons. The highest BCUT2D eigenvalue weighted by atomic mass is 16.8. The summed E-state index contributed by atoms with van der Waals surface area (Å²) in [6.07, 6.45) is -26.3. The second kappa shape index (κ2) is 21.9. The third kappa shape index (κ3) is 12.2. The normalized spacial score (nSPS) is 36.9. The second-order valence-corrected chi connectivity index (χ2v) is 13.5. The van der Waals surface area contributed by atoms with E-state index < -0.39 is 161 Å². The minimum Gasteiger partial charge on any atom is -0.394 e. The molecule has 0 saturated carbocycles. The monoisotopic (exact) mass is 846 g/mol. The Morgan fingerprint density at radius 2 is 1.22 bits per heavy atom. The standard InChI is InChI=1S/C30H50N6O22/c31-14(39)5-35(7-16(41)34-58-36-17(42)1-2-18(36)43)6-15(40)33-32-3-4-52-29-26(51)27(57-30-25(50)23(48)20(45)12(9-38)55-30)21(46)13(56-29)10-53-28-24(49)22(47)19(44)11(8-37)54-28/h11-13,19-30,32,37-38,44-51H,1-10H2,(H2,31,39)(H,33,40)(H,34,41)/t11-,12-,13-,19-,20-,21-,22+,23+,24+,25+,26+,27+,28+,29+,30-/m1/s1. The molecule has 4 aliphatic rings. The third-order valence-electron chi connectivity index (χ3n) is 9.16. The lowest BCUT2D eigenvalue weighted by molar-refractivity contribution is -0.366. The number of imide groups is 1. The molecule has 332 valence electrons. The van der Waals surface area contributed by atoms with Crippen LogP contribution >= 0.6 is 0 Å². The number of amides is 5. The van der Waals surface area contributed by atoms with Gasteiger partial charge in [-0.3, -0.25) is 34.3 Å². The summed E-state index contributed by atoms with van der Waals surface area (Å²) >= 11 is 0. The van der Waals surface area contributed by atoms with E-state index in [1.54, 1.807) is 0 Å². The molecular formula is C30H50N6O22. The number of rotatable bonds is 20.